The monoisotopic (exact) mass is 345 g/mol. The fraction of sp³-hybridized carbons (Fsp3) is 0.632. The Kier molecular flexibility index (Phi) is 4.86. The van der Waals surface area contributed by atoms with Crippen LogP contribution in [-0.2, 0) is 20.5 Å². The number of nitrogens with zero attached hydrogens (tertiary/aromatic N) is 1. The van der Waals surface area contributed by atoms with Crippen LogP contribution >= 0.6 is 0 Å². The molecule has 2 saturated heterocycles. The predicted octanol–water partition coefficient (Wildman–Crippen LogP) is 2.16. The van der Waals surface area contributed by atoms with E-state index in [4.69, 9.17) is 14.0 Å². The first kappa shape index (κ1) is 18.3. The SMILES string of the molecule is COc1ccc(CC(=O)N2CCCC2)cc1B1OC(C)(C)C(C)(C)O1. The summed E-state index contributed by atoms with van der Waals surface area (Å²) in [5, 5.41) is 0. The summed E-state index contributed by atoms with van der Waals surface area (Å²) in [5.74, 6) is 0.901. The number of benzene rings is 1. The third kappa shape index (κ3) is 3.56. The molecule has 3 rings (SSSR count). The van der Waals surface area contributed by atoms with Crippen LogP contribution in [0.15, 0.2) is 18.2 Å². The third-order valence-electron chi connectivity index (χ3n) is 5.62. The van der Waals surface area contributed by atoms with Crippen molar-refractivity contribution in [3.8, 4) is 5.75 Å². The second-order valence-corrected chi connectivity index (χ2v) is 7.93. The molecule has 2 heterocycles. The highest BCUT2D eigenvalue weighted by molar-refractivity contribution is 6.63. The number of likely N-dealkylation sites (tertiary alicyclic amines) is 1. The van der Waals surface area contributed by atoms with Crippen LogP contribution in [0.3, 0.4) is 0 Å². The van der Waals surface area contributed by atoms with E-state index in [9.17, 15) is 4.79 Å². The van der Waals surface area contributed by atoms with Crippen molar-refractivity contribution in [2.75, 3.05) is 20.2 Å². The third-order valence-corrected chi connectivity index (χ3v) is 5.62. The van der Waals surface area contributed by atoms with E-state index in [0.717, 1.165) is 42.7 Å². The molecule has 0 atom stereocenters. The zero-order chi connectivity index (χ0) is 18.2. The number of ether oxygens (including phenoxy) is 1. The number of methoxy groups -OCH3 is 1. The Balaban J connectivity index is 1.82. The summed E-state index contributed by atoms with van der Waals surface area (Å²) in [6, 6.07) is 5.82. The standard InChI is InChI=1S/C19H28BNO4/c1-18(2)19(3,4)25-20(24-18)15-12-14(8-9-16(15)23-5)13-17(22)21-10-6-7-11-21/h8-9,12H,6-7,10-11,13H2,1-5H3. The first-order chi connectivity index (χ1) is 11.7. The molecule has 25 heavy (non-hydrogen) atoms. The van der Waals surface area contributed by atoms with E-state index < -0.39 is 18.3 Å². The van der Waals surface area contributed by atoms with Crippen molar-refractivity contribution >= 4 is 18.5 Å². The van der Waals surface area contributed by atoms with Crippen LogP contribution in [-0.4, -0.2) is 49.3 Å². The normalized spacial score (nSPS) is 21.6. The number of carbonyl (C=O) groups excluding carboxylic acids is 1. The molecule has 2 fully saturated rings. The maximum Gasteiger partial charge on any atom is 0.498 e. The van der Waals surface area contributed by atoms with Gasteiger partial charge in [0.05, 0.1) is 24.7 Å². The van der Waals surface area contributed by atoms with Gasteiger partial charge in [0.1, 0.15) is 5.75 Å². The maximum atomic E-state index is 12.4. The van der Waals surface area contributed by atoms with Gasteiger partial charge in [-0.25, -0.2) is 0 Å². The number of amides is 1. The van der Waals surface area contributed by atoms with Crippen molar-refractivity contribution in [2.45, 2.75) is 58.2 Å². The lowest BCUT2D eigenvalue weighted by Crippen LogP contribution is -2.41. The maximum absolute atomic E-state index is 12.4. The molecule has 0 N–H and O–H groups in total. The summed E-state index contributed by atoms with van der Waals surface area (Å²) < 4.78 is 17.8. The molecular formula is C19H28BNO4. The molecule has 2 aliphatic heterocycles. The molecule has 0 aliphatic carbocycles. The molecule has 5 nitrogen and oxygen atoms in total. The average Bonchev–Trinajstić information content (AvgIpc) is 3.14. The molecule has 0 saturated carbocycles. The summed E-state index contributed by atoms with van der Waals surface area (Å²) in [7, 11) is 1.14. The Hall–Kier alpha value is -1.53. The number of hydrogen-bond acceptors (Lipinski definition) is 4. The number of carbonyl (C=O) groups is 1. The highest BCUT2D eigenvalue weighted by Gasteiger charge is 2.52. The van der Waals surface area contributed by atoms with Crippen molar-refractivity contribution in [2.24, 2.45) is 0 Å². The molecule has 1 aromatic rings. The van der Waals surface area contributed by atoms with Crippen LogP contribution in [0.25, 0.3) is 0 Å². The molecule has 0 unspecified atom stereocenters. The molecule has 0 aromatic heterocycles. The highest BCUT2D eigenvalue weighted by Crippen LogP contribution is 2.37. The smallest absolute Gasteiger partial charge is 0.497 e. The van der Waals surface area contributed by atoms with Crippen molar-refractivity contribution in [3.05, 3.63) is 23.8 Å². The topological polar surface area (TPSA) is 48.0 Å². The van der Waals surface area contributed by atoms with E-state index >= 15 is 0 Å². The molecule has 1 aromatic carbocycles. The molecule has 0 spiro atoms. The van der Waals surface area contributed by atoms with Gasteiger partial charge in [-0.15, -0.1) is 0 Å². The van der Waals surface area contributed by atoms with E-state index in [-0.39, 0.29) is 5.91 Å². The molecule has 1 amide bonds. The van der Waals surface area contributed by atoms with E-state index in [1.165, 1.54) is 0 Å². The minimum absolute atomic E-state index is 0.183. The van der Waals surface area contributed by atoms with Gasteiger partial charge in [-0.3, -0.25) is 4.79 Å². The van der Waals surface area contributed by atoms with Crippen LogP contribution < -0.4 is 10.2 Å². The number of rotatable bonds is 4. The molecule has 6 heteroatoms. The molecular weight excluding hydrogens is 317 g/mol. The Bertz CT molecular complexity index is 637. The summed E-state index contributed by atoms with van der Waals surface area (Å²) in [6.45, 7) is 9.86. The Morgan fingerprint density at radius 1 is 1.16 bits per heavy atom. The summed E-state index contributed by atoms with van der Waals surface area (Å²) in [4.78, 5) is 14.4. The van der Waals surface area contributed by atoms with Crippen molar-refractivity contribution in [3.63, 3.8) is 0 Å². The summed E-state index contributed by atoms with van der Waals surface area (Å²) in [6.07, 6.45) is 2.61. The Morgan fingerprint density at radius 2 is 1.76 bits per heavy atom. The van der Waals surface area contributed by atoms with Gasteiger partial charge in [0, 0.05) is 18.6 Å². The minimum Gasteiger partial charge on any atom is -0.497 e. The lowest BCUT2D eigenvalue weighted by Gasteiger charge is -2.32. The van der Waals surface area contributed by atoms with E-state index in [0.29, 0.717) is 6.42 Å². The van der Waals surface area contributed by atoms with E-state index in [1.807, 2.05) is 50.8 Å². The van der Waals surface area contributed by atoms with Gasteiger partial charge in [-0.05, 0) is 52.2 Å². The zero-order valence-corrected chi connectivity index (χ0v) is 15.9. The molecule has 136 valence electrons. The largest absolute Gasteiger partial charge is 0.498 e. The van der Waals surface area contributed by atoms with Crippen LogP contribution in [0.5, 0.6) is 5.75 Å². The first-order valence-electron chi connectivity index (χ1n) is 9.04. The Labute approximate surface area is 150 Å². The van der Waals surface area contributed by atoms with Gasteiger partial charge in [-0.1, -0.05) is 12.1 Å². The fourth-order valence-electron chi connectivity index (χ4n) is 3.30. The second-order valence-electron chi connectivity index (χ2n) is 7.93. The van der Waals surface area contributed by atoms with Gasteiger partial charge in [-0.2, -0.15) is 0 Å². The van der Waals surface area contributed by atoms with Crippen molar-refractivity contribution in [1.82, 2.24) is 4.90 Å². The predicted molar refractivity (Wildman–Crippen MR) is 98.2 cm³/mol. The molecule has 0 radical (unpaired) electrons. The molecule has 2 aliphatic rings. The van der Waals surface area contributed by atoms with Crippen LogP contribution in [0.4, 0.5) is 0 Å². The van der Waals surface area contributed by atoms with Crippen LogP contribution in [0, 0.1) is 0 Å². The van der Waals surface area contributed by atoms with Gasteiger partial charge >= 0.3 is 7.12 Å². The lowest BCUT2D eigenvalue weighted by atomic mass is 9.77. The van der Waals surface area contributed by atoms with Crippen LogP contribution in [0.2, 0.25) is 0 Å². The van der Waals surface area contributed by atoms with Crippen LogP contribution in [0.1, 0.15) is 46.1 Å². The zero-order valence-electron chi connectivity index (χ0n) is 15.9. The van der Waals surface area contributed by atoms with E-state index in [1.54, 1.807) is 7.11 Å². The summed E-state index contributed by atoms with van der Waals surface area (Å²) >= 11 is 0. The lowest BCUT2D eigenvalue weighted by molar-refractivity contribution is -0.129. The molecule has 0 bridgehead atoms. The highest BCUT2D eigenvalue weighted by atomic mass is 16.7. The van der Waals surface area contributed by atoms with Gasteiger partial charge in [0.2, 0.25) is 5.91 Å². The van der Waals surface area contributed by atoms with Gasteiger partial charge < -0.3 is 18.9 Å². The van der Waals surface area contributed by atoms with Crippen molar-refractivity contribution < 1.29 is 18.8 Å². The fourth-order valence-corrected chi connectivity index (χ4v) is 3.30. The quantitative estimate of drug-likeness (QED) is 0.785. The van der Waals surface area contributed by atoms with Gasteiger partial charge in [0.15, 0.2) is 0 Å². The minimum atomic E-state index is -0.498. The average molecular weight is 345 g/mol. The Morgan fingerprint density at radius 3 is 2.32 bits per heavy atom. The first-order valence-corrected chi connectivity index (χ1v) is 9.04. The van der Waals surface area contributed by atoms with Gasteiger partial charge in [0.25, 0.3) is 0 Å². The summed E-state index contributed by atoms with van der Waals surface area (Å²) in [5.41, 5.74) is 0.976. The van der Waals surface area contributed by atoms with E-state index in [2.05, 4.69) is 0 Å². The van der Waals surface area contributed by atoms with Crippen molar-refractivity contribution in [1.29, 1.82) is 0 Å². The second kappa shape index (κ2) is 6.65. The number of hydrogen-bond donors (Lipinski definition) is 0.